The summed E-state index contributed by atoms with van der Waals surface area (Å²) < 4.78 is 0. The van der Waals surface area contributed by atoms with E-state index in [0.717, 1.165) is 21.8 Å². The summed E-state index contributed by atoms with van der Waals surface area (Å²) in [6.07, 6.45) is 5.49. The molecule has 0 unspecified atom stereocenters. The number of aryl methyl sites for hydroxylation is 1. The van der Waals surface area contributed by atoms with Gasteiger partial charge in [-0.3, -0.25) is 4.79 Å². The molecule has 1 N–H and O–H groups in total. The molecule has 3 heteroatoms. The smallest absolute Gasteiger partial charge is 0.189 e. The number of benzene rings is 3. The average Bonchev–Trinajstić information content (AvgIpc) is 2.74. The fraction of sp³-hybridized carbons (Fsp3) is 0.0800. The summed E-state index contributed by atoms with van der Waals surface area (Å²) in [4.78, 5) is 13.2. The third-order valence-corrected chi connectivity index (χ3v) is 4.99. The fourth-order valence-electron chi connectivity index (χ4n) is 2.79. The van der Waals surface area contributed by atoms with Crippen molar-refractivity contribution in [3.05, 3.63) is 113 Å². The van der Waals surface area contributed by atoms with Crippen LogP contribution in [0.1, 0.15) is 16.7 Å². The number of anilines is 1. The maximum atomic E-state index is 13.2. The van der Waals surface area contributed by atoms with Gasteiger partial charge in [0.25, 0.3) is 0 Å². The minimum absolute atomic E-state index is 0.0282. The summed E-state index contributed by atoms with van der Waals surface area (Å²) in [5.74, 6) is -0.0282. The number of nitrogens with one attached hydrogen (secondary N) is 1. The lowest BCUT2D eigenvalue weighted by atomic mass is 10.0. The molecule has 0 bridgehead atoms. The Morgan fingerprint density at radius 3 is 2.07 bits per heavy atom. The van der Waals surface area contributed by atoms with Crippen LogP contribution in [0.5, 0.6) is 0 Å². The number of rotatable bonds is 7. The molecule has 0 atom stereocenters. The zero-order valence-corrected chi connectivity index (χ0v) is 16.9. The van der Waals surface area contributed by atoms with E-state index in [1.54, 1.807) is 6.08 Å². The SMILES string of the molecule is CS/C(Nc1ccccc1)=C(/C(=O)/C=C/c1ccc(C)cc1)c1ccccc1. The number of hydrogen-bond donors (Lipinski definition) is 1. The molecule has 3 aromatic carbocycles. The lowest BCUT2D eigenvalue weighted by molar-refractivity contribution is -0.109. The van der Waals surface area contributed by atoms with Gasteiger partial charge in [0.2, 0.25) is 0 Å². The van der Waals surface area contributed by atoms with Crippen LogP contribution in [-0.4, -0.2) is 12.0 Å². The van der Waals surface area contributed by atoms with Crippen molar-refractivity contribution in [2.24, 2.45) is 0 Å². The van der Waals surface area contributed by atoms with Crippen LogP contribution in [0.2, 0.25) is 0 Å². The second kappa shape index (κ2) is 9.77. The standard InChI is InChI=1S/C25H23NOS/c1-19-13-15-20(16-14-19)17-18-23(27)24(21-9-5-3-6-10-21)25(28-2)26-22-11-7-4-8-12-22/h3-18,26H,1-2H3/b18-17+,25-24+. The van der Waals surface area contributed by atoms with E-state index in [1.807, 2.05) is 97.3 Å². The van der Waals surface area contributed by atoms with Gasteiger partial charge in [-0.25, -0.2) is 0 Å². The highest BCUT2D eigenvalue weighted by molar-refractivity contribution is 8.02. The van der Waals surface area contributed by atoms with E-state index in [0.29, 0.717) is 5.57 Å². The second-order valence-corrected chi connectivity index (χ2v) is 7.19. The predicted octanol–water partition coefficient (Wildman–Crippen LogP) is 6.42. The molecule has 0 aliphatic rings. The van der Waals surface area contributed by atoms with Crippen molar-refractivity contribution in [3.8, 4) is 0 Å². The van der Waals surface area contributed by atoms with Crippen molar-refractivity contribution in [2.45, 2.75) is 6.92 Å². The second-order valence-electron chi connectivity index (χ2n) is 6.37. The molecule has 0 aromatic heterocycles. The fourth-order valence-corrected chi connectivity index (χ4v) is 3.43. The van der Waals surface area contributed by atoms with Gasteiger partial charge in [-0.05, 0) is 42.5 Å². The summed E-state index contributed by atoms with van der Waals surface area (Å²) in [5, 5.41) is 4.23. The van der Waals surface area contributed by atoms with Gasteiger partial charge < -0.3 is 5.32 Å². The lowest BCUT2D eigenvalue weighted by Crippen LogP contribution is -2.07. The molecule has 0 aliphatic carbocycles. The molecule has 0 heterocycles. The Balaban J connectivity index is 1.98. The van der Waals surface area contributed by atoms with Gasteiger partial charge in [0.15, 0.2) is 5.78 Å². The molecule has 0 radical (unpaired) electrons. The van der Waals surface area contributed by atoms with Crippen LogP contribution in [0.25, 0.3) is 11.6 Å². The molecular formula is C25H23NOS. The van der Waals surface area contributed by atoms with Crippen LogP contribution in [0.15, 0.2) is 96.0 Å². The van der Waals surface area contributed by atoms with Crippen molar-refractivity contribution < 1.29 is 4.79 Å². The quantitative estimate of drug-likeness (QED) is 0.476. The van der Waals surface area contributed by atoms with E-state index in [-0.39, 0.29) is 5.78 Å². The first-order chi connectivity index (χ1) is 13.7. The van der Waals surface area contributed by atoms with Crippen molar-refractivity contribution in [2.75, 3.05) is 11.6 Å². The first kappa shape index (κ1) is 19.7. The summed E-state index contributed by atoms with van der Waals surface area (Å²) in [6.45, 7) is 2.05. The van der Waals surface area contributed by atoms with Gasteiger partial charge in [0.1, 0.15) is 0 Å². The molecule has 3 rings (SSSR count). The highest BCUT2D eigenvalue weighted by atomic mass is 32.2. The van der Waals surface area contributed by atoms with Gasteiger partial charge in [-0.1, -0.05) is 84.4 Å². The minimum atomic E-state index is -0.0282. The summed E-state index contributed by atoms with van der Waals surface area (Å²) in [7, 11) is 0. The van der Waals surface area contributed by atoms with Crippen LogP contribution in [0, 0.1) is 6.92 Å². The van der Waals surface area contributed by atoms with Gasteiger partial charge in [-0.15, -0.1) is 11.8 Å². The maximum absolute atomic E-state index is 13.2. The van der Waals surface area contributed by atoms with Gasteiger partial charge >= 0.3 is 0 Å². The largest absolute Gasteiger partial charge is 0.350 e. The van der Waals surface area contributed by atoms with Crippen LogP contribution in [0.3, 0.4) is 0 Å². The van der Waals surface area contributed by atoms with Crippen molar-refractivity contribution in [3.63, 3.8) is 0 Å². The van der Waals surface area contributed by atoms with Gasteiger partial charge in [0, 0.05) is 5.69 Å². The Morgan fingerprint density at radius 2 is 1.46 bits per heavy atom. The number of allylic oxidation sites excluding steroid dienone is 2. The minimum Gasteiger partial charge on any atom is -0.350 e. The molecule has 2 nitrogen and oxygen atoms in total. The Labute approximate surface area is 171 Å². The van der Waals surface area contributed by atoms with Gasteiger partial charge in [-0.2, -0.15) is 0 Å². The lowest BCUT2D eigenvalue weighted by Gasteiger charge is -2.14. The van der Waals surface area contributed by atoms with E-state index in [4.69, 9.17) is 0 Å². The molecule has 28 heavy (non-hydrogen) atoms. The van der Waals surface area contributed by atoms with E-state index < -0.39 is 0 Å². The Hall–Kier alpha value is -3.04. The zero-order chi connectivity index (χ0) is 19.8. The van der Waals surface area contributed by atoms with Crippen LogP contribution < -0.4 is 5.32 Å². The maximum Gasteiger partial charge on any atom is 0.189 e. The van der Waals surface area contributed by atoms with Crippen molar-refractivity contribution in [1.29, 1.82) is 0 Å². The summed E-state index contributed by atoms with van der Waals surface area (Å²) in [5.41, 5.74) is 4.72. The Morgan fingerprint density at radius 1 is 0.857 bits per heavy atom. The van der Waals surface area contributed by atoms with Gasteiger partial charge in [0.05, 0.1) is 10.6 Å². The van der Waals surface area contributed by atoms with Crippen LogP contribution >= 0.6 is 11.8 Å². The number of ketones is 1. The predicted molar refractivity (Wildman–Crippen MR) is 122 cm³/mol. The topological polar surface area (TPSA) is 29.1 Å². The Kier molecular flexibility index (Phi) is 6.88. The molecule has 0 spiro atoms. The molecule has 0 aliphatic heterocycles. The number of para-hydroxylation sites is 1. The molecular weight excluding hydrogens is 362 g/mol. The first-order valence-electron chi connectivity index (χ1n) is 9.12. The van der Waals surface area contributed by atoms with Crippen LogP contribution in [0.4, 0.5) is 5.69 Å². The highest BCUT2D eigenvalue weighted by Gasteiger charge is 2.15. The monoisotopic (exact) mass is 385 g/mol. The third kappa shape index (κ3) is 5.24. The molecule has 0 saturated heterocycles. The number of carbonyl (C=O) groups excluding carboxylic acids is 1. The van der Waals surface area contributed by atoms with Crippen molar-refractivity contribution in [1.82, 2.24) is 0 Å². The number of hydrogen-bond acceptors (Lipinski definition) is 3. The van der Waals surface area contributed by atoms with E-state index in [9.17, 15) is 4.79 Å². The highest BCUT2D eigenvalue weighted by Crippen LogP contribution is 2.28. The molecule has 0 fully saturated rings. The third-order valence-electron chi connectivity index (χ3n) is 4.28. The normalized spacial score (nSPS) is 11.9. The van der Waals surface area contributed by atoms with E-state index in [2.05, 4.69) is 12.2 Å². The average molecular weight is 386 g/mol. The molecule has 0 amide bonds. The van der Waals surface area contributed by atoms with E-state index in [1.165, 1.54) is 17.3 Å². The summed E-state index contributed by atoms with van der Waals surface area (Å²) >= 11 is 1.53. The molecule has 3 aromatic rings. The number of carbonyl (C=O) groups is 1. The molecule has 0 saturated carbocycles. The van der Waals surface area contributed by atoms with Crippen molar-refractivity contribution >= 4 is 34.9 Å². The van der Waals surface area contributed by atoms with Crippen LogP contribution in [-0.2, 0) is 4.79 Å². The zero-order valence-electron chi connectivity index (χ0n) is 16.1. The first-order valence-corrected chi connectivity index (χ1v) is 10.3. The number of thioether (sulfide) groups is 1. The van der Waals surface area contributed by atoms with E-state index >= 15 is 0 Å². The Bertz CT molecular complexity index is 974. The summed E-state index contributed by atoms with van der Waals surface area (Å²) in [6, 6.07) is 27.8. The molecule has 140 valence electrons.